The second-order valence-electron chi connectivity index (χ2n) is 4.60. The number of nitrogens with zero attached hydrogens (tertiary/aromatic N) is 1. The molecule has 6 heteroatoms. The van der Waals surface area contributed by atoms with Crippen molar-refractivity contribution in [2.75, 3.05) is 45.8 Å². The molecule has 0 aliphatic heterocycles. The van der Waals surface area contributed by atoms with Gasteiger partial charge in [0.15, 0.2) is 0 Å². The molecular formula is C15H22N2O4. The van der Waals surface area contributed by atoms with Crippen LogP contribution in [0.5, 0.6) is 0 Å². The van der Waals surface area contributed by atoms with Gasteiger partial charge in [0, 0.05) is 33.0 Å². The third-order valence-corrected chi connectivity index (χ3v) is 2.92. The van der Waals surface area contributed by atoms with E-state index in [9.17, 15) is 9.59 Å². The van der Waals surface area contributed by atoms with E-state index < -0.39 is 11.8 Å². The van der Waals surface area contributed by atoms with Crippen LogP contribution in [0.4, 0.5) is 5.69 Å². The van der Waals surface area contributed by atoms with Crippen LogP contribution in [0.15, 0.2) is 24.3 Å². The first-order chi connectivity index (χ1) is 10.1. The fourth-order valence-electron chi connectivity index (χ4n) is 1.68. The lowest BCUT2D eigenvalue weighted by molar-refractivity contribution is -0.144. The van der Waals surface area contributed by atoms with E-state index in [1.165, 1.54) is 4.90 Å². The Labute approximate surface area is 125 Å². The number of aryl methyl sites for hydroxylation is 1. The Morgan fingerprint density at radius 3 is 2.05 bits per heavy atom. The molecule has 0 saturated carbocycles. The second kappa shape index (κ2) is 9.10. The minimum absolute atomic E-state index is 0.347. The number of carbonyl (C=O) groups excluding carboxylic acids is 2. The predicted octanol–water partition coefficient (Wildman–Crippen LogP) is 1.05. The Hall–Kier alpha value is -1.92. The maximum atomic E-state index is 12.1. The van der Waals surface area contributed by atoms with Gasteiger partial charge in [-0.05, 0) is 19.1 Å². The van der Waals surface area contributed by atoms with Crippen LogP contribution in [-0.4, -0.2) is 57.2 Å². The summed E-state index contributed by atoms with van der Waals surface area (Å²) in [6, 6.07) is 7.26. The fourth-order valence-corrected chi connectivity index (χ4v) is 1.68. The summed E-state index contributed by atoms with van der Waals surface area (Å²) in [6.07, 6.45) is 0. The molecule has 0 fully saturated rings. The molecule has 0 bridgehead atoms. The summed E-state index contributed by atoms with van der Waals surface area (Å²) >= 11 is 0. The number of carbonyl (C=O) groups is 2. The lowest BCUT2D eigenvalue weighted by atomic mass is 10.2. The van der Waals surface area contributed by atoms with E-state index in [1.807, 2.05) is 19.1 Å². The molecule has 1 aromatic carbocycles. The van der Waals surface area contributed by atoms with E-state index >= 15 is 0 Å². The topological polar surface area (TPSA) is 67.9 Å². The van der Waals surface area contributed by atoms with Crippen LogP contribution in [-0.2, 0) is 19.1 Å². The molecule has 2 amide bonds. The van der Waals surface area contributed by atoms with Gasteiger partial charge in [0.2, 0.25) is 0 Å². The molecule has 0 spiro atoms. The highest BCUT2D eigenvalue weighted by Gasteiger charge is 2.21. The van der Waals surface area contributed by atoms with E-state index in [-0.39, 0.29) is 0 Å². The first-order valence-corrected chi connectivity index (χ1v) is 6.73. The van der Waals surface area contributed by atoms with Crippen molar-refractivity contribution in [3.8, 4) is 0 Å². The summed E-state index contributed by atoms with van der Waals surface area (Å²) in [5.41, 5.74) is 1.68. The van der Waals surface area contributed by atoms with Gasteiger partial charge in [0.05, 0.1) is 13.2 Å². The zero-order chi connectivity index (χ0) is 15.7. The van der Waals surface area contributed by atoms with Gasteiger partial charge in [-0.1, -0.05) is 17.7 Å². The lowest BCUT2D eigenvalue weighted by Crippen LogP contribution is -2.43. The van der Waals surface area contributed by atoms with Crippen LogP contribution in [0.2, 0.25) is 0 Å². The second-order valence-corrected chi connectivity index (χ2v) is 4.60. The highest BCUT2D eigenvalue weighted by molar-refractivity contribution is 6.39. The van der Waals surface area contributed by atoms with Crippen molar-refractivity contribution in [3.63, 3.8) is 0 Å². The van der Waals surface area contributed by atoms with Crippen LogP contribution in [0, 0.1) is 6.92 Å². The van der Waals surface area contributed by atoms with E-state index in [0.29, 0.717) is 32.0 Å². The van der Waals surface area contributed by atoms with Crippen molar-refractivity contribution in [2.24, 2.45) is 0 Å². The number of methoxy groups -OCH3 is 2. The molecule has 0 atom stereocenters. The lowest BCUT2D eigenvalue weighted by Gasteiger charge is -2.21. The van der Waals surface area contributed by atoms with Gasteiger partial charge in [-0.2, -0.15) is 0 Å². The Morgan fingerprint density at radius 2 is 1.57 bits per heavy atom. The van der Waals surface area contributed by atoms with Crippen molar-refractivity contribution in [3.05, 3.63) is 29.8 Å². The number of rotatable bonds is 7. The Kier molecular flexibility index (Phi) is 7.42. The van der Waals surface area contributed by atoms with Crippen LogP contribution in [0.3, 0.4) is 0 Å². The minimum Gasteiger partial charge on any atom is -0.383 e. The summed E-state index contributed by atoms with van der Waals surface area (Å²) in [5, 5.41) is 2.59. The number of hydrogen-bond acceptors (Lipinski definition) is 4. The fraction of sp³-hybridized carbons (Fsp3) is 0.467. The highest BCUT2D eigenvalue weighted by Crippen LogP contribution is 2.08. The molecule has 21 heavy (non-hydrogen) atoms. The van der Waals surface area contributed by atoms with Crippen LogP contribution < -0.4 is 5.32 Å². The number of nitrogens with one attached hydrogen (secondary N) is 1. The molecule has 0 aromatic heterocycles. The van der Waals surface area contributed by atoms with Gasteiger partial charge in [0.1, 0.15) is 0 Å². The molecule has 116 valence electrons. The smallest absolute Gasteiger partial charge is 0.313 e. The van der Waals surface area contributed by atoms with Crippen molar-refractivity contribution in [1.29, 1.82) is 0 Å². The standard InChI is InChI=1S/C15H22N2O4/c1-12-4-6-13(7-5-12)16-14(18)15(19)17(8-10-20-2)9-11-21-3/h4-7H,8-11H2,1-3H3,(H,16,18). The van der Waals surface area contributed by atoms with E-state index in [4.69, 9.17) is 9.47 Å². The molecule has 0 heterocycles. The molecule has 1 rings (SSSR count). The first-order valence-electron chi connectivity index (χ1n) is 6.73. The Balaban J connectivity index is 2.63. The van der Waals surface area contributed by atoms with Gasteiger partial charge in [-0.25, -0.2) is 0 Å². The molecule has 0 aliphatic carbocycles. The van der Waals surface area contributed by atoms with Crippen molar-refractivity contribution in [2.45, 2.75) is 6.92 Å². The van der Waals surface area contributed by atoms with E-state index in [0.717, 1.165) is 5.56 Å². The number of ether oxygens (including phenoxy) is 2. The van der Waals surface area contributed by atoms with E-state index in [1.54, 1.807) is 26.4 Å². The van der Waals surface area contributed by atoms with Crippen LogP contribution in [0.25, 0.3) is 0 Å². The van der Waals surface area contributed by atoms with Crippen molar-refractivity contribution < 1.29 is 19.1 Å². The average Bonchev–Trinajstić information content (AvgIpc) is 2.49. The highest BCUT2D eigenvalue weighted by atomic mass is 16.5. The van der Waals surface area contributed by atoms with Gasteiger partial charge < -0.3 is 19.7 Å². The van der Waals surface area contributed by atoms with Gasteiger partial charge in [-0.15, -0.1) is 0 Å². The van der Waals surface area contributed by atoms with Gasteiger partial charge in [-0.3, -0.25) is 9.59 Å². The minimum atomic E-state index is -0.661. The summed E-state index contributed by atoms with van der Waals surface area (Å²) in [6.45, 7) is 3.38. The Morgan fingerprint density at radius 1 is 1.05 bits per heavy atom. The van der Waals surface area contributed by atoms with Crippen LogP contribution in [0.1, 0.15) is 5.56 Å². The molecule has 1 N–H and O–H groups in total. The zero-order valence-corrected chi connectivity index (χ0v) is 12.7. The molecule has 6 nitrogen and oxygen atoms in total. The normalized spacial score (nSPS) is 10.2. The molecule has 0 radical (unpaired) electrons. The average molecular weight is 294 g/mol. The van der Waals surface area contributed by atoms with Crippen molar-refractivity contribution in [1.82, 2.24) is 4.90 Å². The monoisotopic (exact) mass is 294 g/mol. The largest absolute Gasteiger partial charge is 0.383 e. The van der Waals surface area contributed by atoms with Crippen LogP contribution >= 0.6 is 0 Å². The SMILES string of the molecule is COCCN(CCOC)C(=O)C(=O)Nc1ccc(C)cc1. The first kappa shape index (κ1) is 17.1. The van der Waals surface area contributed by atoms with Gasteiger partial charge in [0.25, 0.3) is 0 Å². The molecule has 0 aliphatic rings. The summed E-state index contributed by atoms with van der Waals surface area (Å²) < 4.78 is 9.89. The summed E-state index contributed by atoms with van der Waals surface area (Å²) in [4.78, 5) is 25.5. The molecular weight excluding hydrogens is 272 g/mol. The third kappa shape index (κ3) is 5.93. The number of benzene rings is 1. The van der Waals surface area contributed by atoms with E-state index in [2.05, 4.69) is 5.32 Å². The quantitative estimate of drug-likeness (QED) is 0.763. The number of hydrogen-bond donors (Lipinski definition) is 1. The predicted molar refractivity (Wildman–Crippen MR) is 80.1 cm³/mol. The van der Waals surface area contributed by atoms with Gasteiger partial charge >= 0.3 is 11.8 Å². The maximum Gasteiger partial charge on any atom is 0.313 e. The molecule has 0 unspecified atom stereocenters. The number of anilines is 1. The van der Waals surface area contributed by atoms with Crippen molar-refractivity contribution >= 4 is 17.5 Å². The molecule has 1 aromatic rings. The summed E-state index contributed by atoms with van der Waals surface area (Å²) in [5.74, 6) is -1.25. The number of amides is 2. The molecule has 0 saturated heterocycles. The Bertz CT molecular complexity index is 451. The third-order valence-electron chi connectivity index (χ3n) is 2.92. The zero-order valence-electron chi connectivity index (χ0n) is 12.7. The maximum absolute atomic E-state index is 12.1. The summed E-state index contributed by atoms with van der Waals surface area (Å²) in [7, 11) is 3.09.